The van der Waals surface area contributed by atoms with Crippen LogP contribution >= 0.6 is 0 Å². The molecule has 0 N–H and O–H groups in total. The molecular formula is C19H19N. The molecule has 0 aliphatic heterocycles. The van der Waals surface area contributed by atoms with Gasteiger partial charge >= 0.3 is 0 Å². The van der Waals surface area contributed by atoms with Crippen molar-refractivity contribution in [1.82, 2.24) is 0 Å². The van der Waals surface area contributed by atoms with Gasteiger partial charge in [-0.05, 0) is 42.0 Å². The van der Waals surface area contributed by atoms with Gasteiger partial charge in [-0.25, -0.2) is 0 Å². The lowest BCUT2D eigenvalue weighted by molar-refractivity contribution is 0.338. The summed E-state index contributed by atoms with van der Waals surface area (Å²) in [6.45, 7) is 4.10. The largest absolute Gasteiger partial charge is 0.198 e. The summed E-state index contributed by atoms with van der Waals surface area (Å²) in [6.07, 6.45) is 4.82. The molecule has 2 aromatic rings. The summed E-state index contributed by atoms with van der Waals surface area (Å²) in [4.78, 5) is 0. The minimum absolute atomic E-state index is 0.0277. The van der Waals surface area contributed by atoms with Crippen LogP contribution in [-0.2, 0) is 5.41 Å². The summed E-state index contributed by atoms with van der Waals surface area (Å²) in [5, 5.41) is 11.8. The van der Waals surface area contributed by atoms with Crippen molar-refractivity contribution in [3.8, 4) is 6.07 Å². The smallest absolute Gasteiger partial charge is 0.0631 e. The normalized spacial score (nSPS) is 17.9. The molecule has 0 unspecified atom stereocenters. The lowest BCUT2D eigenvalue weighted by Crippen LogP contribution is -2.29. The Morgan fingerprint density at radius 1 is 1.05 bits per heavy atom. The van der Waals surface area contributed by atoms with E-state index >= 15 is 0 Å². The van der Waals surface area contributed by atoms with Gasteiger partial charge in [-0.15, -0.1) is 0 Å². The Balaban J connectivity index is 2.05. The fraction of sp³-hybridized carbons (Fsp3) is 0.316. The van der Waals surface area contributed by atoms with Crippen molar-refractivity contribution in [2.45, 2.75) is 37.5 Å². The third-order valence-electron chi connectivity index (χ3n) is 4.69. The third-order valence-corrected chi connectivity index (χ3v) is 4.69. The summed E-state index contributed by atoms with van der Waals surface area (Å²) in [7, 11) is 0. The van der Waals surface area contributed by atoms with Gasteiger partial charge in [-0.3, -0.25) is 0 Å². The zero-order valence-electron chi connectivity index (χ0n) is 11.7. The molecule has 0 atom stereocenters. The van der Waals surface area contributed by atoms with Crippen LogP contribution in [0.3, 0.4) is 0 Å². The van der Waals surface area contributed by atoms with E-state index < -0.39 is 0 Å². The molecule has 1 aliphatic rings. The Kier molecular flexibility index (Phi) is 3.32. The van der Waals surface area contributed by atoms with Gasteiger partial charge < -0.3 is 0 Å². The number of allylic oxidation sites excluding steroid dienone is 1. The summed E-state index contributed by atoms with van der Waals surface area (Å²) in [5.74, 6) is 0. The number of benzene rings is 2. The van der Waals surface area contributed by atoms with Crippen molar-refractivity contribution < 1.29 is 0 Å². The van der Waals surface area contributed by atoms with Gasteiger partial charge in [0.1, 0.15) is 0 Å². The van der Waals surface area contributed by atoms with E-state index in [9.17, 15) is 5.26 Å². The first-order chi connectivity index (χ1) is 9.73. The molecule has 0 amide bonds. The SMILES string of the molecule is C=C1CCC(CC#N)(c2ccc3ccccc3c2)CC1. The van der Waals surface area contributed by atoms with E-state index in [0.29, 0.717) is 6.42 Å². The molecule has 100 valence electrons. The van der Waals surface area contributed by atoms with E-state index in [1.165, 1.54) is 21.9 Å². The van der Waals surface area contributed by atoms with E-state index in [1.54, 1.807) is 0 Å². The van der Waals surface area contributed by atoms with Crippen LogP contribution in [0.1, 0.15) is 37.7 Å². The molecule has 20 heavy (non-hydrogen) atoms. The van der Waals surface area contributed by atoms with Gasteiger partial charge in [-0.1, -0.05) is 54.6 Å². The molecular weight excluding hydrogens is 242 g/mol. The van der Waals surface area contributed by atoms with E-state index in [1.807, 2.05) is 0 Å². The average molecular weight is 261 g/mol. The molecule has 0 saturated heterocycles. The van der Waals surface area contributed by atoms with Crippen molar-refractivity contribution in [2.75, 3.05) is 0 Å². The average Bonchev–Trinajstić information content (AvgIpc) is 2.49. The maximum absolute atomic E-state index is 9.25. The van der Waals surface area contributed by atoms with Gasteiger partial charge in [0.05, 0.1) is 6.07 Å². The van der Waals surface area contributed by atoms with Crippen LogP contribution in [0.5, 0.6) is 0 Å². The van der Waals surface area contributed by atoms with Crippen LogP contribution in [0.2, 0.25) is 0 Å². The molecule has 1 heteroatoms. The molecule has 0 radical (unpaired) electrons. The molecule has 0 spiro atoms. The lowest BCUT2D eigenvalue weighted by Gasteiger charge is -2.37. The fourth-order valence-corrected chi connectivity index (χ4v) is 3.32. The topological polar surface area (TPSA) is 23.8 Å². The number of rotatable bonds is 2. The highest BCUT2D eigenvalue weighted by Crippen LogP contribution is 2.44. The molecule has 1 saturated carbocycles. The zero-order valence-corrected chi connectivity index (χ0v) is 11.7. The first-order valence-electron chi connectivity index (χ1n) is 7.26. The second-order valence-corrected chi connectivity index (χ2v) is 5.93. The monoisotopic (exact) mass is 261 g/mol. The third kappa shape index (κ3) is 2.23. The highest BCUT2D eigenvalue weighted by atomic mass is 14.4. The fourth-order valence-electron chi connectivity index (χ4n) is 3.32. The molecule has 0 heterocycles. The molecule has 0 aromatic heterocycles. The Morgan fingerprint density at radius 2 is 1.75 bits per heavy atom. The van der Waals surface area contributed by atoms with E-state index in [2.05, 4.69) is 55.1 Å². The quantitative estimate of drug-likeness (QED) is 0.688. The summed E-state index contributed by atoms with van der Waals surface area (Å²) in [6, 6.07) is 17.5. The Bertz CT molecular complexity index is 680. The number of nitriles is 1. The van der Waals surface area contributed by atoms with Gasteiger partial charge in [0.2, 0.25) is 0 Å². The van der Waals surface area contributed by atoms with E-state index in [4.69, 9.17) is 0 Å². The van der Waals surface area contributed by atoms with Crippen LogP contribution in [-0.4, -0.2) is 0 Å². The second kappa shape index (κ2) is 5.13. The predicted octanol–water partition coefficient (Wildman–Crippen LogP) is 5.12. The number of hydrogen-bond acceptors (Lipinski definition) is 1. The van der Waals surface area contributed by atoms with Crippen LogP contribution in [0.25, 0.3) is 10.8 Å². The van der Waals surface area contributed by atoms with Crippen molar-refractivity contribution in [2.24, 2.45) is 0 Å². The number of nitrogens with zero attached hydrogens (tertiary/aromatic N) is 1. The van der Waals surface area contributed by atoms with Crippen molar-refractivity contribution in [1.29, 1.82) is 5.26 Å². The highest BCUT2D eigenvalue weighted by molar-refractivity contribution is 5.83. The maximum atomic E-state index is 9.25. The molecule has 1 aliphatic carbocycles. The molecule has 3 rings (SSSR count). The molecule has 2 aromatic carbocycles. The Labute approximate surface area is 120 Å². The minimum atomic E-state index is 0.0277. The van der Waals surface area contributed by atoms with E-state index in [0.717, 1.165) is 25.7 Å². The van der Waals surface area contributed by atoms with Gasteiger partial charge in [-0.2, -0.15) is 5.26 Å². The standard InChI is InChI=1S/C19H19N/c1-15-8-10-19(11-9-15,12-13-20)18-7-6-16-4-2-3-5-17(16)14-18/h2-7,14H,1,8-12H2. The van der Waals surface area contributed by atoms with Crippen LogP contribution in [0.15, 0.2) is 54.6 Å². The van der Waals surface area contributed by atoms with Gasteiger partial charge in [0.15, 0.2) is 0 Å². The molecule has 1 fully saturated rings. The van der Waals surface area contributed by atoms with Crippen molar-refractivity contribution >= 4 is 10.8 Å². The van der Waals surface area contributed by atoms with Gasteiger partial charge in [0, 0.05) is 11.8 Å². The molecule has 0 bridgehead atoms. The van der Waals surface area contributed by atoms with Crippen molar-refractivity contribution in [3.05, 3.63) is 60.2 Å². The van der Waals surface area contributed by atoms with Crippen LogP contribution in [0, 0.1) is 11.3 Å². The van der Waals surface area contributed by atoms with Crippen LogP contribution < -0.4 is 0 Å². The van der Waals surface area contributed by atoms with E-state index in [-0.39, 0.29) is 5.41 Å². The first kappa shape index (κ1) is 12.9. The second-order valence-electron chi connectivity index (χ2n) is 5.93. The minimum Gasteiger partial charge on any atom is -0.198 e. The summed E-state index contributed by atoms with van der Waals surface area (Å²) >= 11 is 0. The maximum Gasteiger partial charge on any atom is 0.0631 e. The first-order valence-corrected chi connectivity index (χ1v) is 7.26. The number of fused-ring (bicyclic) bond motifs is 1. The van der Waals surface area contributed by atoms with Crippen molar-refractivity contribution in [3.63, 3.8) is 0 Å². The van der Waals surface area contributed by atoms with Crippen LogP contribution in [0.4, 0.5) is 0 Å². The summed E-state index contributed by atoms with van der Waals surface area (Å²) in [5.41, 5.74) is 2.68. The lowest BCUT2D eigenvalue weighted by atomic mass is 9.66. The number of hydrogen-bond donors (Lipinski definition) is 0. The summed E-state index contributed by atoms with van der Waals surface area (Å²) < 4.78 is 0. The zero-order chi connectivity index (χ0) is 14.0. The Morgan fingerprint density at radius 3 is 2.45 bits per heavy atom. The Hall–Kier alpha value is -2.07. The predicted molar refractivity (Wildman–Crippen MR) is 83.5 cm³/mol. The molecule has 1 nitrogen and oxygen atoms in total. The van der Waals surface area contributed by atoms with Gasteiger partial charge in [0.25, 0.3) is 0 Å². The highest BCUT2D eigenvalue weighted by Gasteiger charge is 2.34.